The molecule has 0 bridgehead atoms. The molecule has 2 heterocycles. The van der Waals surface area contributed by atoms with Gasteiger partial charge in [0, 0.05) is 19.1 Å². The molecule has 0 aromatic heterocycles. The van der Waals surface area contributed by atoms with Gasteiger partial charge < -0.3 is 14.6 Å². The van der Waals surface area contributed by atoms with E-state index in [4.69, 9.17) is 9.47 Å². The van der Waals surface area contributed by atoms with Gasteiger partial charge in [0.25, 0.3) is 0 Å². The van der Waals surface area contributed by atoms with Crippen LogP contribution in [0, 0.1) is 0 Å². The molecule has 2 saturated heterocycles. The minimum Gasteiger partial charge on any atom is -0.394 e. The minimum atomic E-state index is -0.124. The van der Waals surface area contributed by atoms with Crippen molar-refractivity contribution in [2.45, 2.75) is 57.5 Å². The number of ether oxygens (including phenoxy) is 2. The summed E-state index contributed by atoms with van der Waals surface area (Å²) in [5, 5.41) is 9.20. The van der Waals surface area contributed by atoms with Gasteiger partial charge in [-0.3, -0.25) is 4.90 Å². The first kappa shape index (κ1) is 13.3. The fourth-order valence-electron chi connectivity index (χ4n) is 3.24. The zero-order valence-electron chi connectivity index (χ0n) is 11.4. The highest BCUT2D eigenvalue weighted by atomic mass is 16.5. The summed E-state index contributed by atoms with van der Waals surface area (Å²) >= 11 is 0. The topological polar surface area (TPSA) is 41.9 Å². The fraction of sp³-hybridized carbons (Fsp3) is 1.00. The fourth-order valence-corrected chi connectivity index (χ4v) is 3.24. The number of nitrogens with zero attached hydrogens (tertiary/aromatic N) is 1. The highest BCUT2D eigenvalue weighted by Gasteiger charge is 2.48. The Hall–Kier alpha value is -0.160. The SMILES string of the molecule is CC1(C)CC(N2CCOC(CO)C2)C(C)(C)O1. The second-order valence-corrected chi connectivity index (χ2v) is 6.36. The van der Waals surface area contributed by atoms with Gasteiger partial charge in [-0.15, -0.1) is 0 Å². The van der Waals surface area contributed by atoms with Crippen molar-refractivity contribution in [2.24, 2.45) is 0 Å². The summed E-state index contributed by atoms with van der Waals surface area (Å²) in [5.41, 5.74) is -0.179. The summed E-state index contributed by atoms with van der Waals surface area (Å²) in [5.74, 6) is 0. The molecule has 0 amide bonds. The number of hydrogen-bond acceptors (Lipinski definition) is 4. The molecular formula is C13H25NO3. The Balaban J connectivity index is 2.06. The lowest BCUT2D eigenvalue weighted by molar-refractivity contribution is -0.105. The van der Waals surface area contributed by atoms with Crippen molar-refractivity contribution in [3.63, 3.8) is 0 Å². The lowest BCUT2D eigenvalue weighted by Gasteiger charge is -2.40. The summed E-state index contributed by atoms with van der Waals surface area (Å²) in [7, 11) is 0. The summed E-state index contributed by atoms with van der Waals surface area (Å²) in [6.45, 7) is 11.2. The van der Waals surface area contributed by atoms with Crippen LogP contribution >= 0.6 is 0 Å². The summed E-state index contributed by atoms with van der Waals surface area (Å²) in [6, 6.07) is 0.412. The highest BCUT2D eigenvalue weighted by Crippen LogP contribution is 2.40. The molecule has 4 heteroatoms. The molecule has 0 saturated carbocycles. The predicted molar refractivity (Wildman–Crippen MR) is 66.0 cm³/mol. The molecule has 0 aromatic rings. The van der Waals surface area contributed by atoms with Gasteiger partial charge >= 0.3 is 0 Å². The first-order valence-electron chi connectivity index (χ1n) is 6.51. The molecule has 2 aliphatic heterocycles. The van der Waals surface area contributed by atoms with E-state index in [1.807, 2.05) is 0 Å². The van der Waals surface area contributed by atoms with E-state index in [1.165, 1.54) is 0 Å². The lowest BCUT2D eigenvalue weighted by atomic mass is 9.92. The summed E-state index contributed by atoms with van der Waals surface area (Å²) < 4.78 is 11.6. The van der Waals surface area contributed by atoms with E-state index in [9.17, 15) is 5.11 Å². The molecule has 2 rings (SSSR count). The first-order chi connectivity index (χ1) is 7.84. The molecule has 17 heavy (non-hydrogen) atoms. The summed E-state index contributed by atoms with van der Waals surface area (Å²) in [4.78, 5) is 2.42. The molecule has 2 fully saturated rings. The van der Waals surface area contributed by atoms with Crippen LogP contribution in [0.4, 0.5) is 0 Å². The Morgan fingerprint density at radius 3 is 2.53 bits per heavy atom. The van der Waals surface area contributed by atoms with Crippen molar-refractivity contribution in [1.82, 2.24) is 4.90 Å². The predicted octanol–water partition coefficient (Wildman–Crippen LogP) is 1.03. The molecule has 4 nitrogen and oxygen atoms in total. The molecule has 2 atom stereocenters. The normalized spacial score (nSPS) is 37.2. The van der Waals surface area contributed by atoms with Crippen LogP contribution in [0.5, 0.6) is 0 Å². The smallest absolute Gasteiger partial charge is 0.0933 e. The van der Waals surface area contributed by atoms with E-state index in [0.29, 0.717) is 12.6 Å². The van der Waals surface area contributed by atoms with Crippen LogP contribution in [0.25, 0.3) is 0 Å². The number of rotatable bonds is 2. The molecule has 0 aromatic carbocycles. The third-order valence-electron chi connectivity index (χ3n) is 3.84. The monoisotopic (exact) mass is 243 g/mol. The van der Waals surface area contributed by atoms with Gasteiger partial charge in [0.1, 0.15) is 0 Å². The average molecular weight is 243 g/mol. The van der Waals surface area contributed by atoms with Gasteiger partial charge in [0.15, 0.2) is 0 Å². The second-order valence-electron chi connectivity index (χ2n) is 6.36. The minimum absolute atomic E-state index is 0.0386. The van der Waals surface area contributed by atoms with Crippen LogP contribution in [-0.2, 0) is 9.47 Å². The molecule has 2 unspecified atom stereocenters. The molecule has 2 aliphatic rings. The van der Waals surface area contributed by atoms with E-state index in [-0.39, 0.29) is 23.9 Å². The Kier molecular flexibility index (Phi) is 3.51. The van der Waals surface area contributed by atoms with Crippen molar-refractivity contribution in [3.8, 4) is 0 Å². The zero-order chi connectivity index (χ0) is 12.7. The van der Waals surface area contributed by atoms with E-state index < -0.39 is 0 Å². The van der Waals surface area contributed by atoms with Crippen molar-refractivity contribution in [3.05, 3.63) is 0 Å². The van der Waals surface area contributed by atoms with Crippen LogP contribution in [0.2, 0.25) is 0 Å². The molecule has 1 N–H and O–H groups in total. The Morgan fingerprint density at radius 2 is 2.00 bits per heavy atom. The second kappa shape index (κ2) is 4.50. The highest BCUT2D eigenvalue weighted by molar-refractivity contribution is 5.00. The van der Waals surface area contributed by atoms with Gasteiger partial charge in [-0.2, -0.15) is 0 Å². The van der Waals surface area contributed by atoms with Gasteiger partial charge in [-0.05, 0) is 34.1 Å². The van der Waals surface area contributed by atoms with Crippen LogP contribution in [0.1, 0.15) is 34.1 Å². The zero-order valence-corrected chi connectivity index (χ0v) is 11.4. The van der Waals surface area contributed by atoms with Crippen LogP contribution < -0.4 is 0 Å². The van der Waals surface area contributed by atoms with Gasteiger partial charge in [-0.1, -0.05) is 0 Å². The van der Waals surface area contributed by atoms with Crippen molar-refractivity contribution < 1.29 is 14.6 Å². The van der Waals surface area contributed by atoms with Crippen LogP contribution in [0.3, 0.4) is 0 Å². The molecule has 0 spiro atoms. The molecule has 100 valence electrons. The standard InChI is InChI=1S/C13H25NO3/c1-12(2)7-11(13(3,4)17-12)14-5-6-16-10(8-14)9-15/h10-11,15H,5-9H2,1-4H3. The van der Waals surface area contributed by atoms with Gasteiger partial charge in [0.05, 0.1) is 30.5 Å². The maximum atomic E-state index is 9.20. The Bertz CT molecular complexity index is 278. The molecular weight excluding hydrogens is 218 g/mol. The number of hydrogen-bond donors (Lipinski definition) is 1. The number of morpholine rings is 1. The average Bonchev–Trinajstić information content (AvgIpc) is 2.47. The van der Waals surface area contributed by atoms with Crippen molar-refractivity contribution in [2.75, 3.05) is 26.3 Å². The molecule has 0 radical (unpaired) electrons. The van der Waals surface area contributed by atoms with E-state index in [2.05, 4.69) is 32.6 Å². The lowest BCUT2D eigenvalue weighted by Crippen LogP contribution is -2.54. The Labute approximate surface area is 104 Å². The van der Waals surface area contributed by atoms with Crippen molar-refractivity contribution in [1.29, 1.82) is 0 Å². The van der Waals surface area contributed by atoms with Crippen LogP contribution in [0.15, 0.2) is 0 Å². The third-order valence-corrected chi connectivity index (χ3v) is 3.84. The van der Waals surface area contributed by atoms with Crippen LogP contribution in [-0.4, -0.2) is 59.7 Å². The van der Waals surface area contributed by atoms with E-state index >= 15 is 0 Å². The summed E-state index contributed by atoms with van der Waals surface area (Å²) in [6.07, 6.45) is 1.00. The molecule has 0 aliphatic carbocycles. The maximum Gasteiger partial charge on any atom is 0.0933 e. The third kappa shape index (κ3) is 2.81. The number of aliphatic hydroxyl groups excluding tert-OH is 1. The quantitative estimate of drug-likeness (QED) is 0.786. The van der Waals surface area contributed by atoms with Crippen molar-refractivity contribution >= 4 is 0 Å². The number of aliphatic hydroxyl groups is 1. The Morgan fingerprint density at radius 1 is 1.29 bits per heavy atom. The van der Waals surface area contributed by atoms with Gasteiger partial charge in [-0.25, -0.2) is 0 Å². The van der Waals surface area contributed by atoms with E-state index in [1.54, 1.807) is 0 Å². The maximum absolute atomic E-state index is 9.20. The largest absolute Gasteiger partial charge is 0.394 e. The van der Waals surface area contributed by atoms with Gasteiger partial charge in [0.2, 0.25) is 0 Å². The van der Waals surface area contributed by atoms with E-state index in [0.717, 1.165) is 19.5 Å². The first-order valence-corrected chi connectivity index (χ1v) is 6.51.